The molecule has 1 aromatic heterocycles. The van der Waals surface area contributed by atoms with Gasteiger partial charge in [-0.25, -0.2) is 4.79 Å². The highest BCUT2D eigenvalue weighted by Crippen LogP contribution is 2.34. The van der Waals surface area contributed by atoms with E-state index in [1.165, 1.54) is 19.4 Å². The minimum Gasteiger partial charge on any atom is -0.477 e. The first kappa shape index (κ1) is 12.5. The Bertz CT molecular complexity index is 472. The predicted octanol–water partition coefficient (Wildman–Crippen LogP) is 2.59. The van der Waals surface area contributed by atoms with Crippen LogP contribution in [0.2, 0.25) is 0 Å². The van der Waals surface area contributed by atoms with E-state index in [-0.39, 0.29) is 0 Å². The summed E-state index contributed by atoms with van der Waals surface area (Å²) in [4.78, 5) is 13.8. The molecular formula is C13H17IN2O2. The zero-order valence-electron chi connectivity index (χ0n) is 10.2. The number of carbonyl (C=O) groups is 1. The third kappa shape index (κ3) is 2.18. The van der Waals surface area contributed by atoms with E-state index in [1.54, 1.807) is 6.07 Å². The Balaban J connectivity index is 1.84. The van der Waals surface area contributed by atoms with E-state index in [0.29, 0.717) is 17.8 Å². The maximum Gasteiger partial charge on any atom is 0.352 e. The van der Waals surface area contributed by atoms with Crippen LogP contribution in [0.15, 0.2) is 12.3 Å². The molecule has 0 aromatic carbocycles. The van der Waals surface area contributed by atoms with Crippen molar-refractivity contribution in [3.63, 3.8) is 0 Å². The molecule has 2 aliphatic heterocycles. The molecule has 0 aliphatic carbocycles. The molecule has 18 heavy (non-hydrogen) atoms. The van der Waals surface area contributed by atoms with Crippen molar-refractivity contribution in [2.75, 3.05) is 13.1 Å². The van der Waals surface area contributed by atoms with Crippen LogP contribution in [0.4, 0.5) is 0 Å². The van der Waals surface area contributed by atoms with Gasteiger partial charge in [-0.3, -0.25) is 0 Å². The number of carboxylic acid groups (broad SMARTS) is 1. The van der Waals surface area contributed by atoms with Gasteiger partial charge in [0.15, 0.2) is 0 Å². The van der Waals surface area contributed by atoms with E-state index in [1.807, 2.05) is 10.8 Å². The van der Waals surface area contributed by atoms with Gasteiger partial charge in [0.1, 0.15) is 5.69 Å². The molecule has 5 heteroatoms. The van der Waals surface area contributed by atoms with E-state index in [9.17, 15) is 9.90 Å². The Kier molecular flexibility index (Phi) is 3.36. The third-order valence-corrected chi connectivity index (χ3v) is 4.81. The molecule has 2 saturated heterocycles. The molecule has 0 saturated carbocycles. The SMILES string of the molecule is O=C(O)c1cc(I)cn1C1CCN2CCCC2C1. The summed E-state index contributed by atoms with van der Waals surface area (Å²) in [6.07, 6.45) is 6.73. The number of hydrogen-bond acceptors (Lipinski definition) is 2. The van der Waals surface area contributed by atoms with Crippen molar-refractivity contribution in [2.45, 2.75) is 37.8 Å². The quantitative estimate of drug-likeness (QED) is 0.825. The smallest absolute Gasteiger partial charge is 0.352 e. The van der Waals surface area contributed by atoms with E-state index in [4.69, 9.17) is 0 Å². The van der Waals surface area contributed by atoms with Gasteiger partial charge in [0, 0.05) is 28.4 Å². The van der Waals surface area contributed by atoms with Crippen LogP contribution >= 0.6 is 22.6 Å². The maximum absolute atomic E-state index is 11.3. The lowest BCUT2D eigenvalue weighted by atomic mass is 9.97. The molecule has 1 aromatic rings. The van der Waals surface area contributed by atoms with E-state index in [0.717, 1.165) is 23.0 Å². The van der Waals surface area contributed by atoms with Gasteiger partial charge in [-0.05, 0) is 60.9 Å². The minimum atomic E-state index is -0.813. The van der Waals surface area contributed by atoms with Gasteiger partial charge >= 0.3 is 5.97 Å². The Hall–Kier alpha value is -0.560. The second-order valence-corrected chi connectivity index (χ2v) is 6.51. The molecule has 98 valence electrons. The molecule has 2 fully saturated rings. The van der Waals surface area contributed by atoms with Crippen LogP contribution in [-0.2, 0) is 0 Å². The van der Waals surface area contributed by atoms with Crippen molar-refractivity contribution < 1.29 is 9.90 Å². The van der Waals surface area contributed by atoms with E-state index >= 15 is 0 Å². The van der Waals surface area contributed by atoms with Crippen molar-refractivity contribution in [1.82, 2.24) is 9.47 Å². The molecule has 2 unspecified atom stereocenters. The maximum atomic E-state index is 11.3. The summed E-state index contributed by atoms with van der Waals surface area (Å²) in [6.45, 7) is 2.34. The number of aromatic nitrogens is 1. The van der Waals surface area contributed by atoms with Crippen molar-refractivity contribution in [1.29, 1.82) is 0 Å². The highest BCUT2D eigenvalue weighted by molar-refractivity contribution is 14.1. The summed E-state index contributed by atoms with van der Waals surface area (Å²) < 4.78 is 3.00. The lowest BCUT2D eigenvalue weighted by Gasteiger charge is -2.35. The molecule has 3 rings (SSSR count). The fraction of sp³-hybridized carbons (Fsp3) is 0.615. The van der Waals surface area contributed by atoms with Crippen molar-refractivity contribution in [2.24, 2.45) is 0 Å². The number of rotatable bonds is 2. The van der Waals surface area contributed by atoms with E-state index < -0.39 is 5.97 Å². The lowest BCUT2D eigenvalue weighted by Crippen LogP contribution is -2.39. The van der Waals surface area contributed by atoms with Crippen molar-refractivity contribution >= 4 is 28.6 Å². The van der Waals surface area contributed by atoms with Gasteiger partial charge in [-0.2, -0.15) is 0 Å². The first-order valence-electron chi connectivity index (χ1n) is 6.50. The van der Waals surface area contributed by atoms with Crippen LogP contribution in [0.25, 0.3) is 0 Å². The van der Waals surface area contributed by atoms with Crippen LogP contribution in [-0.4, -0.2) is 39.7 Å². The molecule has 4 nitrogen and oxygen atoms in total. The molecule has 0 radical (unpaired) electrons. The summed E-state index contributed by atoms with van der Waals surface area (Å²) in [7, 11) is 0. The number of piperidine rings is 1. The number of fused-ring (bicyclic) bond motifs is 1. The minimum absolute atomic E-state index is 0.360. The number of halogens is 1. The zero-order chi connectivity index (χ0) is 12.7. The molecular weight excluding hydrogens is 343 g/mol. The summed E-state index contributed by atoms with van der Waals surface area (Å²) in [5.74, 6) is -0.813. The van der Waals surface area contributed by atoms with Crippen LogP contribution in [0.5, 0.6) is 0 Å². The number of carboxylic acids is 1. The Morgan fingerprint density at radius 2 is 2.17 bits per heavy atom. The molecule has 1 N–H and O–H groups in total. The fourth-order valence-corrected chi connectivity index (χ4v) is 3.97. The monoisotopic (exact) mass is 360 g/mol. The largest absolute Gasteiger partial charge is 0.477 e. The number of aromatic carboxylic acids is 1. The summed E-state index contributed by atoms with van der Waals surface area (Å²) in [5, 5.41) is 9.26. The standard InChI is InChI=1S/C13H17IN2O2/c14-9-6-12(13(17)18)16(8-9)11-3-5-15-4-1-2-10(15)7-11/h6,8,10-11H,1-5,7H2,(H,17,18). The van der Waals surface area contributed by atoms with Crippen molar-refractivity contribution in [3.05, 3.63) is 21.5 Å². The summed E-state index contributed by atoms with van der Waals surface area (Å²) in [6, 6.07) is 2.80. The third-order valence-electron chi connectivity index (χ3n) is 4.22. The molecule has 0 bridgehead atoms. The van der Waals surface area contributed by atoms with Gasteiger partial charge in [-0.1, -0.05) is 0 Å². The fourth-order valence-electron chi connectivity index (χ4n) is 3.37. The number of nitrogens with zero attached hydrogens (tertiary/aromatic N) is 2. The molecule has 0 spiro atoms. The Morgan fingerprint density at radius 1 is 1.33 bits per heavy atom. The first-order chi connectivity index (χ1) is 8.65. The van der Waals surface area contributed by atoms with Gasteiger partial charge in [-0.15, -0.1) is 0 Å². The van der Waals surface area contributed by atoms with Crippen LogP contribution in [0, 0.1) is 3.57 Å². The van der Waals surface area contributed by atoms with Crippen molar-refractivity contribution in [3.8, 4) is 0 Å². The van der Waals surface area contributed by atoms with E-state index in [2.05, 4.69) is 27.5 Å². The van der Waals surface area contributed by atoms with Gasteiger partial charge < -0.3 is 14.6 Å². The average molecular weight is 360 g/mol. The predicted molar refractivity (Wildman–Crippen MR) is 77.0 cm³/mol. The van der Waals surface area contributed by atoms with Crippen LogP contribution in [0.3, 0.4) is 0 Å². The Labute approximate surface area is 120 Å². The topological polar surface area (TPSA) is 45.5 Å². The molecule has 2 atom stereocenters. The van der Waals surface area contributed by atoms with Gasteiger partial charge in [0.2, 0.25) is 0 Å². The average Bonchev–Trinajstić information content (AvgIpc) is 2.93. The normalized spacial score (nSPS) is 28.3. The van der Waals surface area contributed by atoms with Crippen LogP contribution < -0.4 is 0 Å². The summed E-state index contributed by atoms with van der Waals surface area (Å²) in [5.41, 5.74) is 0.441. The van der Waals surface area contributed by atoms with Gasteiger partial charge in [0.25, 0.3) is 0 Å². The van der Waals surface area contributed by atoms with Gasteiger partial charge in [0.05, 0.1) is 0 Å². The second-order valence-electron chi connectivity index (χ2n) is 5.27. The highest BCUT2D eigenvalue weighted by atomic mass is 127. The number of hydrogen-bond donors (Lipinski definition) is 1. The highest BCUT2D eigenvalue weighted by Gasteiger charge is 2.33. The first-order valence-corrected chi connectivity index (χ1v) is 7.58. The molecule has 3 heterocycles. The lowest BCUT2D eigenvalue weighted by molar-refractivity contribution is 0.0675. The Morgan fingerprint density at radius 3 is 2.94 bits per heavy atom. The zero-order valence-corrected chi connectivity index (χ0v) is 12.3. The summed E-state index contributed by atoms with van der Waals surface area (Å²) >= 11 is 2.19. The van der Waals surface area contributed by atoms with Crippen LogP contribution in [0.1, 0.15) is 42.2 Å². The molecule has 2 aliphatic rings. The molecule has 0 amide bonds. The second kappa shape index (κ2) is 4.85.